The summed E-state index contributed by atoms with van der Waals surface area (Å²) in [5, 5.41) is 0.763. The maximum atomic E-state index is 5.72. The number of rotatable bonds is 4. The molecule has 1 heterocycles. The molecule has 0 spiro atoms. The number of aromatic nitrogens is 2. The lowest BCUT2D eigenvalue weighted by Gasteiger charge is -2.08. The Bertz CT molecular complexity index is 528. The molecule has 2 N–H and O–H groups in total. The number of hydrogen-bond donors (Lipinski definition) is 1. The van der Waals surface area contributed by atoms with Crippen LogP contribution >= 0.6 is 11.8 Å². The van der Waals surface area contributed by atoms with Gasteiger partial charge in [-0.05, 0) is 18.6 Å². The van der Waals surface area contributed by atoms with Crippen molar-refractivity contribution in [1.29, 1.82) is 0 Å². The van der Waals surface area contributed by atoms with E-state index in [0.29, 0.717) is 5.69 Å². The molecule has 0 bridgehead atoms. The zero-order valence-electron chi connectivity index (χ0n) is 10.4. The Morgan fingerprint density at radius 3 is 2.67 bits per heavy atom. The molecule has 0 saturated carbocycles. The van der Waals surface area contributed by atoms with Gasteiger partial charge in [0.15, 0.2) is 5.16 Å². The van der Waals surface area contributed by atoms with Gasteiger partial charge in [0.1, 0.15) is 5.75 Å². The number of anilines is 1. The fourth-order valence-electron chi connectivity index (χ4n) is 1.48. The van der Waals surface area contributed by atoms with Crippen molar-refractivity contribution in [1.82, 2.24) is 9.97 Å². The Balaban J connectivity index is 2.08. The smallest absolute Gasteiger partial charge is 0.187 e. The summed E-state index contributed by atoms with van der Waals surface area (Å²) in [6.45, 7) is 1.97. The van der Waals surface area contributed by atoms with Crippen LogP contribution in [0.5, 0.6) is 5.75 Å². The highest BCUT2D eigenvalue weighted by molar-refractivity contribution is 7.98. The van der Waals surface area contributed by atoms with Crippen LogP contribution in [0.15, 0.2) is 35.7 Å². The number of aryl methyl sites for hydroxylation is 1. The summed E-state index contributed by atoms with van der Waals surface area (Å²) in [4.78, 5) is 8.51. The molecule has 5 heteroatoms. The maximum absolute atomic E-state index is 5.72. The standard InChI is InChI=1S/C13H15N3OS/c1-9-6-15-13(16-7-9)18-8-10-3-4-11(14)5-12(10)17-2/h3-7H,8,14H2,1-2H3. The van der Waals surface area contributed by atoms with E-state index in [-0.39, 0.29) is 0 Å². The predicted octanol–water partition coefficient (Wildman–Crippen LogP) is 2.67. The Kier molecular flexibility index (Phi) is 4.04. The Hall–Kier alpha value is -1.75. The molecule has 0 radical (unpaired) electrons. The van der Waals surface area contributed by atoms with Gasteiger partial charge >= 0.3 is 0 Å². The van der Waals surface area contributed by atoms with Crippen LogP contribution in [0.4, 0.5) is 5.69 Å². The van der Waals surface area contributed by atoms with Gasteiger partial charge in [-0.15, -0.1) is 0 Å². The van der Waals surface area contributed by atoms with Gasteiger partial charge in [0.2, 0.25) is 0 Å². The number of thioether (sulfide) groups is 1. The first kappa shape index (κ1) is 12.7. The van der Waals surface area contributed by atoms with E-state index < -0.39 is 0 Å². The number of hydrogen-bond acceptors (Lipinski definition) is 5. The minimum Gasteiger partial charge on any atom is -0.496 e. The van der Waals surface area contributed by atoms with Gasteiger partial charge < -0.3 is 10.5 Å². The van der Waals surface area contributed by atoms with Crippen molar-refractivity contribution in [3.8, 4) is 5.75 Å². The molecule has 2 aromatic rings. The first-order valence-corrected chi connectivity index (χ1v) is 6.51. The second-order valence-corrected chi connectivity index (χ2v) is 4.85. The van der Waals surface area contributed by atoms with Crippen molar-refractivity contribution in [2.24, 2.45) is 0 Å². The molecule has 0 aliphatic rings. The molecule has 94 valence electrons. The highest BCUT2D eigenvalue weighted by Gasteiger charge is 2.05. The van der Waals surface area contributed by atoms with Gasteiger partial charge in [-0.3, -0.25) is 0 Å². The van der Waals surface area contributed by atoms with Crippen molar-refractivity contribution in [3.05, 3.63) is 41.7 Å². The molecular weight excluding hydrogens is 246 g/mol. The fourth-order valence-corrected chi connectivity index (χ4v) is 2.26. The quantitative estimate of drug-likeness (QED) is 0.521. The number of ether oxygens (including phenoxy) is 1. The van der Waals surface area contributed by atoms with Crippen LogP contribution in [0.3, 0.4) is 0 Å². The van der Waals surface area contributed by atoms with E-state index in [1.807, 2.05) is 37.5 Å². The van der Waals surface area contributed by atoms with Gasteiger partial charge in [-0.25, -0.2) is 9.97 Å². The molecule has 0 aliphatic carbocycles. The molecule has 0 fully saturated rings. The lowest BCUT2D eigenvalue weighted by molar-refractivity contribution is 0.411. The topological polar surface area (TPSA) is 61.0 Å². The Morgan fingerprint density at radius 2 is 2.00 bits per heavy atom. The van der Waals surface area contributed by atoms with E-state index in [1.54, 1.807) is 18.9 Å². The second-order valence-electron chi connectivity index (χ2n) is 3.90. The van der Waals surface area contributed by atoms with E-state index in [1.165, 1.54) is 0 Å². The van der Waals surface area contributed by atoms with Gasteiger partial charge in [0, 0.05) is 35.5 Å². The van der Waals surface area contributed by atoms with Crippen LogP contribution in [0.25, 0.3) is 0 Å². The van der Waals surface area contributed by atoms with Crippen molar-refractivity contribution in [2.75, 3.05) is 12.8 Å². The van der Waals surface area contributed by atoms with Crippen LogP contribution in [0.1, 0.15) is 11.1 Å². The average molecular weight is 261 g/mol. The van der Waals surface area contributed by atoms with Crippen LogP contribution in [-0.2, 0) is 5.75 Å². The number of nitrogens with two attached hydrogens (primary N) is 1. The van der Waals surface area contributed by atoms with Crippen LogP contribution in [0, 0.1) is 6.92 Å². The Labute approximate surface area is 111 Å². The molecule has 1 aromatic carbocycles. The summed E-state index contributed by atoms with van der Waals surface area (Å²) in [5.41, 5.74) is 8.56. The lowest BCUT2D eigenvalue weighted by atomic mass is 10.2. The second kappa shape index (κ2) is 5.73. The number of nitrogens with zero attached hydrogens (tertiary/aromatic N) is 2. The fraction of sp³-hybridized carbons (Fsp3) is 0.231. The average Bonchev–Trinajstić information content (AvgIpc) is 2.39. The highest BCUT2D eigenvalue weighted by Crippen LogP contribution is 2.27. The summed E-state index contributed by atoms with van der Waals surface area (Å²) in [5.74, 6) is 1.56. The molecule has 0 aliphatic heterocycles. The molecule has 0 atom stereocenters. The van der Waals surface area contributed by atoms with Crippen molar-refractivity contribution < 1.29 is 4.74 Å². The predicted molar refractivity (Wildman–Crippen MR) is 73.7 cm³/mol. The van der Waals surface area contributed by atoms with Crippen molar-refractivity contribution >= 4 is 17.4 Å². The monoisotopic (exact) mass is 261 g/mol. The number of benzene rings is 1. The highest BCUT2D eigenvalue weighted by atomic mass is 32.2. The third-order valence-electron chi connectivity index (χ3n) is 2.43. The summed E-state index contributed by atoms with van der Waals surface area (Å²) < 4.78 is 5.30. The maximum Gasteiger partial charge on any atom is 0.187 e. The van der Waals surface area contributed by atoms with Crippen molar-refractivity contribution in [3.63, 3.8) is 0 Å². The lowest BCUT2D eigenvalue weighted by Crippen LogP contribution is -1.94. The normalized spacial score (nSPS) is 10.3. The van der Waals surface area contributed by atoms with E-state index in [0.717, 1.165) is 27.8 Å². The van der Waals surface area contributed by atoms with Gasteiger partial charge in [0.25, 0.3) is 0 Å². The van der Waals surface area contributed by atoms with Crippen LogP contribution in [0.2, 0.25) is 0 Å². The molecule has 18 heavy (non-hydrogen) atoms. The Morgan fingerprint density at radius 1 is 1.28 bits per heavy atom. The van der Waals surface area contributed by atoms with Gasteiger partial charge in [-0.1, -0.05) is 17.8 Å². The summed E-state index contributed by atoms with van der Waals surface area (Å²) in [6.07, 6.45) is 3.63. The zero-order chi connectivity index (χ0) is 13.0. The molecule has 2 rings (SSSR count). The minimum atomic E-state index is 0.701. The summed E-state index contributed by atoms with van der Waals surface area (Å²) in [7, 11) is 1.64. The molecule has 1 aromatic heterocycles. The molecular formula is C13H15N3OS. The first-order chi connectivity index (χ1) is 8.69. The number of nitrogen functional groups attached to an aromatic ring is 1. The van der Waals surface area contributed by atoms with E-state index in [4.69, 9.17) is 10.5 Å². The summed E-state index contributed by atoms with van der Waals surface area (Å²) in [6, 6.07) is 5.66. The molecule has 0 saturated heterocycles. The van der Waals surface area contributed by atoms with Gasteiger partial charge in [-0.2, -0.15) is 0 Å². The van der Waals surface area contributed by atoms with Crippen LogP contribution in [-0.4, -0.2) is 17.1 Å². The zero-order valence-corrected chi connectivity index (χ0v) is 11.2. The van der Waals surface area contributed by atoms with E-state index in [9.17, 15) is 0 Å². The minimum absolute atomic E-state index is 0.701. The molecule has 0 unspecified atom stereocenters. The van der Waals surface area contributed by atoms with E-state index in [2.05, 4.69) is 9.97 Å². The molecule has 4 nitrogen and oxygen atoms in total. The van der Waals surface area contributed by atoms with E-state index >= 15 is 0 Å². The summed E-state index contributed by atoms with van der Waals surface area (Å²) >= 11 is 1.57. The van der Waals surface area contributed by atoms with Crippen molar-refractivity contribution in [2.45, 2.75) is 17.8 Å². The SMILES string of the molecule is COc1cc(N)ccc1CSc1ncc(C)cn1. The molecule has 0 amide bonds. The van der Waals surface area contributed by atoms with Gasteiger partial charge in [0.05, 0.1) is 7.11 Å². The third-order valence-corrected chi connectivity index (χ3v) is 3.35. The third kappa shape index (κ3) is 3.13. The largest absolute Gasteiger partial charge is 0.496 e. The first-order valence-electron chi connectivity index (χ1n) is 5.53. The number of methoxy groups -OCH3 is 1. The van der Waals surface area contributed by atoms with Crippen LogP contribution < -0.4 is 10.5 Å².